The maximum atomic E-state index is 13.0. The molecule has 39 heavy (non-hydrogen) atoms. The third kappa shape index (κ3) is 6.32. The second-order valence-electron chi connectivity index (χ2n) is 8.46. The fourth-order valence-electron chi connectivity index (χ4n) is 3.61. The van der Waals surface area contributed by atoms with E-state index in [0.29, 0.717) is 0 Å². The van der Waals surface area contributed by atoms with Crippen LogP contribution in [0.5, 0.6) is 11.5 Å². The van der Waals surface area contributed by atoms with E-state index in [1.165, 1.54) is 60.3 Å². The molecule has 0 aliphatic rings. The Balaban J connectivity index is 1.57. The fourth-order valence-corrected chi connectivity index (χ4v) is 4.17. The van der Waals surface area contributed by atoms with Crippen molar-refractivity contribution in [3.63, 3.8) is 0 Å². The van der Waals surface area contributed by atoms with Gasteiger partial charge < -0.3 is 15.2 Å². The van der Waals surface area contributed by atoms with Gasteiger partial charge in [0.1, 0.15) is 11.8 Å². The lowest BCUT2D eigenvalue weighted by Crippen LogP contribution is -2.38. The molecule has 0 aliphatic heterocycles. The van der Waals surface area contributed by atoms with E-state index < -0.39 is 35.2 Å². The van der Waals surface area contributed by atoms with E-state index in [-0.39, 0.29) is 50.1 Å². The number of ether oxygens (including phenoxy) is 1. The van der Waals surface area contributed by atoms with E-state index in [9.17, 15) is 27.6 Å². The zero-order valence-electron chi connectivity index (χ0n) is 19.9. The Kier molecular flexibility index (Phi) is 7.84. The standard InChI is InChI=1S/C26H18Cl2F3N3O5/c1-13(25(37)38)33-23(35)15-8-19(27)22(20(28)9-15)39-17-5-6-18-21(10-17)32-12-34(24(18)36)11-14-3-2-4-16(7-14)26(29,30)31/h2-10,12-13H,11H2,1H3,(H,33,35)(H,37,38)/t13-/m0/s1. The van der Waals surface area contributed by atoms with Gasteiger partial charge in [-0.15, -0.1) is 0 Å². The maximum Gasteiger partial charge on any atom is 0.416 e. The van der Waals surface area contributed by atoms with Gasteiger partial charge in [0.25, 0.3) is 11.5 Å². The molecule has 0 saturated heterocycles. The number of carboxylic acids is 1. The lowest BCUT2D eigenvalue weighted by Gasteiger charge is -2.14. The van der Waals surface area contributed by atoms with E-state index >= 15 is 0 Å². The smallest absolute Gasteiger partial charge is 0.416 e. The predicted octanol–water partition coefficient (Wildman–Crippen LogP) is 5.77. The minimum absolute atomic E-state index is 0.0124. The number of hydrogen-bond donors (Lipinski definition) is 2. The Morgan fingerprint density at radius 2 is 1.79 bits per heavy atom. The van der Waals surface area contributed by atoms with Gasteiger partial charge in [-0.05, 0) is 48.9 Å². The topological polar surface area (TPSA) is 111 Å². The number of carbonyl (C=O) groups excluding carboxylic acids is 1. The number of alkyl halides is 3. The number of nitrogens with zero attached hydrogens (tertiary/aromatic N) is 2. The van der Waals surface area contributed by atoms with Crippen LogP contribution in [0.25, 0.3) is 10.9 Å². The van der Waals surface area contributed by atoms with Crippen molar-refractivity contribution in [1.29, 1.82) is 0 Å². The second kappa shape index (κ2) is 11.0. The van der Waals surface area contributed by atoms with Crippen molar-refractivity contribution in [2.45, 2.75) is 25.7 Å². The summed E-state index contributed by atoms with van der Waals surface area (Å²) < 4.78 is 46.0. The molecule has 8 nitrogen and oxygen atoms in total. The number of halogens is 5. The van der Waals surface area contributed by atoms with Gasteiger partial charge >= 0.3 is 12.1 Å². The van der Waals surface area contributed by atoms with Crippen LogP contribution in [0.4, 0.5) is 13.2 Å². The van der Waals surface area contributed by atoms with Crippen LogP contribution >= 0.6 is 23.2 Å². The normalized spacial score (nSPS) is 12.3. The Labute approximate surface area is 228 Å². The number of rotatable bonds is 7. The first kappa shape index (κ1) is 27.9. The van der Waals surface area contributed by atoms with E-state index in [4.69, 9.17) is 33.0 Å². The highest BCUT2D eigenvalue weighted by atomic mass is 35.5. The van der Waals surface area contributed by atoms with Gasteiger partial charge in [0.15, 0.2) is 5.75 Å². The fraction of sp³-hybridized carbons (Fsp3) is 0.154. The molecule has 0 saturated carbocycles. The minimum Gasteiger partial charge on any atom is -0.480 e. The zero-order valence-corrected chi connectivity index (χ0v) is 21.4. The van der Waals surface area contributed by atoms with E-state index in [1.807, 2.05) is 0 Å². The van der Waals surface area contributed by atoms with E-state index in [0.717, 1.165) is 12.1 Å². The van der Waals surface area contributed by atoms with Crippen molar-refractivity contribution in [2.24, 2.45) is 0 Å². The average Bonchev–Trinajstić information content (AvgIpc) is 2.87. The van der Waals surface area contributed by atoms with Crippen molar-refractivity contribution in [2.75, 3.05) is 0 Å². The first-order valence-corrected chi connectivity index (χ1v) is 11.9. The van der Waals surface area contributed by atoms with Gasteiger partial charge in [-0.25, -0.2) is 4.98 Å². The number of aromatic nitrogens is 2. The van der Waals surface area contributed by atoms with Gasteiger partial charge in [-0.3, -0.25) is 19.0 Å². The summed E-state index contributed by atoms with van der Waals surface area (Å²) in [5.41, 5.74) is -0.724. The maximum absolute atomic E-state index is 13.0. The Bertz CT molecular complexity index is 1630. The molecular formula is C26H18Cl2F3N3O5. The summed E-state index contributed by atoms with van der Waals surface area (Å²) in [4.78, 5) is 40.4. The van der Waals surface area contributed by atoms with Gasteiger partial charge in [0.2, 0.25) is 0 Å². The van der Waals surface area contributed by atoms with E-state index in [2.05, 4.69) is 10.3 Å². The summed E-state index contributed by atoms with van der Waals surface area (Å²) in [5.74, 6) is -1.69. The molecule has 4 aromatic rings. The molecule has 0 radical (unpaired) electrons. The molecule has 3 aromatic carbocycles. The van der Waals surface area contributed by atoms with Gasteiger partial charge in [0, 0.05) is 11.6 Å². The lowest BCUT2D eigenvalue weighted by atomic mass is 10.1. The SMILES string of the molecule is C[C@H](NC(=O)c1cc(Cl)c(Oc2ccc3c(=O)n(Cc4cccc(C(F)(F)F)c4)cnc3c2)c(Cl)c1)C(=O)O. The van der Waals surface area contributed by atoms with Crippen LogP contribution in [0.1, 0.15) is 28.4 Å². The first-order chi connectivity index (χ1) is 18.3. The predicted molar refractivity (Wildman–Crippen MR) is 138 cm³/mol. The Hall–Kier alpha value is -4.09. The molecular weight excluding hydrogens is 562 g/mol. The Morgan fingerprint density at radius 3 is 2.44 bits per heavy atom. The van der Waals surface area contributed by atoms with Crippen LogP contribution in [-0.2, 0) is 17.5 Å². The highest BCUT2D eigenvalue weighted by molar-refractivity contribution is 6.37. The molecule has 1 atom stereocenters. The number of amides is 1. The quantitative estimate of drug-likeness (QED) is 0.288. The molecule has 1 aromatic heterocycles. The third-order valence-corrected chi connectivity index (χ3v) is 6.16. The molecule has 0 bridgehead atoms. The minimum atomic E-state index is -4.50. The number of fused-ring (bicyclic) bond motifs is 1. The number of aliphatic carboxylic acids is 1. The van der Waals surface area contributed by atoms with Crippen molar-refractivity contribution < 1.29 is 32.6 Å². The third-order valence-electron chi connectivity index (χ3n) is 5.60. The number of nitrogens with one attached hydrogen (secondary N) is 1. The summed E-state index contributed by atoms with van der Waals surface area (Å²) in [6.07, 6.45) is -3.28. The van der Waals surface area contributed by atoms with E-state index in [1.54, 1.807) is 0 Å². The van der Waals surface area contributed by atoms with Crippen molar-refractivity contribution >= 4 is 46.0 Å². The zero-order chi connectivity index (χ0) is 28.5. The van der Waals surface area contributed by atoms with Crippen LogP contribution in [0.15, 0.2) is 65.7 Å². The molecule has 1 amide bonds. The Morgan fingerprint density at radius 1 is 1.10 bits per heavy atom. The van der Waals surface area contributed by atoms with Crippen molar-refractivity contribution in [1.82, 2.24) is 14.9 Å². The lowest BCUT2D eigenvalue weighted by molar-refractivity contribution is -0.139. The number of benzene rings is 3. The molecule has 202 valence electrons. The highest BCUT2D eigenvalue weighted by Crippen LogP contribution is 2.38. The summed E-state index contributed by atoms with van der Waals surface area (Å²) >= 11 is 12.5. The summed E-state index contributed by atoms with van der Waals surface area (Å²) in [5, 5.41) is 11.4. The molecule has 0 unspecified atom stereocenters. The van der Waals surface area contributed by atoms with Crippen LogP contribution in [0.2, 0.25) is 10.0 Å². The molecule has 2 N–H and O–H groups in total. The molecule has 4 rings (SSSR count). The van der Waals surface area contributed by atoms with Crippen LogP contribution < -0.4 is 15.6 Å². The number of hydrogen-bond acceptors (Lipinski definition) is 5. The van der Waals surface area contributed by atoms with Crippen LogP contribution in [0, 0.1) is 0 Å². The first-order valence-electron chi connectivity index (χ1n) is 11.2. The molecule has 0 spiro atoms. The average molecular weight is 580 g/mol. The van der Waals surface area contributed by atoms with Crippen molar-refractivity contribution in [3.8, 4) is 11.5 Å². The van der Waals surface area contributed by atoms with Crippen LogP contribution in [0.3, 0.4) is 0 Å². The number of carboxylic acid groups (broad SMARTS) is 1. The molecule has 13 heteroatoms. The van der Waals surface area contributed by atoms with Crippen LogP contribution in [-0.4, -0.2) is 32.6 Å². The van der Waals surface area contributed by atoms with Gasteiger partial charge in [0.05, 0.1) is 39.4 Å². The van der Waals surface area contributed by atoms with Gasteiger partial charge in [-0.1, -0.05) is 35.3 Å². The summed E-state index contributed by atoms with van der Waals surface area (Å²) in [6, 6.07) is 10.4. The largest absolute Gasteiger partial charge is 0.480 e. The highest BCUT2D eigenvalue weighted by Gasteiger charge is 2.30. The number of carbonyl (C=O) groups is 2. The molecule has 1 heterocycles. The summed E-state index contributed by atoms with van der Waals surface area (Å²) in [6.45, 7) is 1.19. The monoisotopic (exact) mass is 579 g/mol. The summed E-state index contributed by atoms with van der Waals surface area (Å²) in [7, 11) is 0. The molecule has 0 fully saturated rings. The second-order valence-corrected chi connectivity index (χ2v) is 9.27. The van der Waals surface area contributed by atoms with Crippen molar-refractivity contribution in [3.05, 3.63) is 98.0 Å². The molecule has 0 aliphatic carbocycles. The van der Waals surface area contributed by atoms with Gasteiger partial charge in [-0.2, -0.15) is 13.2 Å².